The fourth-order valence-electron chi connectivity index (χ4n) is 6.42. The smallest absolute Gasteiger partial charge is 0.254 e. The van der Waals surface area contributed by atoms with E-state index in [9.17, 15) is 14.7 Å². The molecule has 1 aliphatic carbocycles. The lowest BCUT2D eigenvalue weighted by Gasteiger charge is -2.60. The molecule has 0 radical (unpaired) electrons. The van der Waals surface area contributed by atoms with Crippen LogP contribution in [0, 0.1) is 5.41 Å². The van der Waals surface area contributed by atoms with Crippen molar-refractivity contribution < 1.29 is 19.4 Å². The summed E-state index contributed by atoms with van der Waals surface area (Å²) in [6.45, 7) is 8.72. The topological polar surface area (TPSA) is 70.1 Å². The summed E-state index contributed by atoms with van der Waals surface area (Å²) in [4.78, 5) is 29.7. The van der Waals surface area contributed by atoms with Crippen LogP contribution in [0.1, 0.15) is 67.1 Å². The van der Waals surface area contributed by atoms with Crippen molar-refractivity contribution in [2.45, 2.75) is 64.5 Å². The number of piperidine rings is 1. The summed E-state index contributed by atoms with van der Waals surface area (Å²) in [5.74, 6) is 1.11. The Morgan fingerprint density at radius 2 is 1.97 bits per heavy atom. The normalized spacial score (nSPS) is 25.3. The predicted molar refractivity (Wildman–Crippen MR) is 130 cm³/mol. The van der Waals surface area contributed by atoms with Crippen molar-refractivity contribution in [3.8, 4) is 11.5 Å². The maximum atomic E-state index is 13.8. The molecule has 2 atom stereocenters. The molecule has 2 aromatic rings. The van der Waals surface area contributed by atoms with Crippen molar-refractivity contribution in [3.63, 3.8) is 0 Å². The van der Waals surface area contributed by atoms with Gasteiger partial charge in [-0.05, 0) is 54.0 Å². The fraction of sp³-hybridized carbons (Fsp3) is 0.500. The molecule has 180 valence electrons. The van der Waals surface area contributed by atoms with E-state index < -0.39 is 0 Å². The standard InChI is InChI=1S/C28H34N2O4/c1-27(2)24-16-20-21(7-5-8-22(20)31)28(27,3)12-14-30(24)26(33)18-10-11-19(23(15-18)34-4)17-29-13-6-9-25(29)32/h5,7-8,10-11,15,24,31H,6,9,12-14,16-17H2,1-4H3/t24-,28-/m0/s1. The van der Waals surface area contributed by atoms with Crippen LogP contribution in [0.4, 0.5) is 0 Å². The number of carbonyl (C=O) groups excluding carboxylic acids is 2. The van der Waals surface area contributed by atoms with Gasteiger partial charge in [0.05, 0.1) is 7.11 Å². The minimum absolute atomic E-state index is 0.0129. The number of hydrogen-bond acceptors (Lipinski definition) is 4. The maximum Gasteiger partial charge on any atom is 0.254 e. The van der Waals surface area contributed by atoms with Crippen LogP contribution >= 0.6 is 0 Å². The number of hydrogen-bond donors (Lipinski definition) is 1. The summed E-state index contributed by atoms with van der Waals surface area (Å²) in [7, 11) is 1.61. The van der Waals surface area contributed by atoms with Crippen molar-refractivity contribution >= 4 is 11.8 Å². The molecule has 2 saturated heterocycles. The average molecular weight is 463 g/mol. The zero-order valence-electron chi connectivity index (χ0n) is 20.6. The lowest BCUT2D eigenvalue weighted by atomic mass is 9.51. The summed E-state index contributed by atoms with van der Waals surface area (Å²) >= 11 is 0. The zero-order chi connectivity index (χ0) is 24.3. The molecule has 6 nitrogen and oxygen atoms in total. The molecule has 2 aliphatic heterocycles. The maximum absolute atomic E-state index is 13.8. The molecule has 0 aromatic heterocycles. The molecule has 2 amide bonds. The summed E-state index contributed by atoms with van der Waals surface area (Å²) in [6, 6.07) is 11.4. The molecule has 1 N–H and O–H groups in total. The molecule has 2 heterocycles. The Morgan fingerprint density at radius 1 is 1.18 bits per heavy atom. The number of nitrogens with zero attached hydrogens (tertiary/aromatic N) is 2. The third-order valence-corrected chi connectivity index (χ3v) is 8.95. The second-order valence-corrected chi connectivity index (χ2v) is 10.8. The molecule has 0 spiro atoms. The second kappa shape index (κ2) is 8.03. The second-order valence-electron chi connectivity index (χ2n) is 10.8. The molecule has 2 bridgehead atoms. The number of fused-ring (bicyclic) bond motifs is 4. The van der Waals surface area contributed by atoms with Crippen LogP contribution in [0.25, 0.3) is 0 Å². The summed E-state index contributed by atoms with van der Waals surface area (Å²) in [5.41, 5.74) is 3.42. The van der Waals surface area contributed by atoms with Gasteiger partial charge in [-0.15, -0.1) is 0 Å². The van der Waals surface area contributed by atoms with Gasteiger partial charge in [-0.2, -0.15) is 0 Å². The van der Waals surface area contributed by atoms with Gasteiger partial charge in [-0.1, -0.05) is 39.0 Å². The number of phenols is 1. The fourth-order valence-corrected chi connectivity index (χ4v) is 6.42. The van der Waals surface area contributed by atoms with Gasteiger partial charge in [0.1, 0.15) is 11.5 Å². The molecular weight excluding hydrogens is 428 g/mol. The quantitative estimate of drug-likeness (QED) is 0.736. The van der Waals surface area contributed by atoms with Crippen molar-refractivity contribution in [3.05, 3.63) is 58.7 Å². The van der Waals surface area contributed by atoms with Crippen molar-refractivity contribution in [2.24, 2.45) is 5.41 Å². The lowest BCUT2D eigenvalue weighted by molar-refractivity contribution is -0.128. The first-order chi connectivity index (χ1) is 16.2. The van der Waals surface area contributed by atoms with Gasteiger partial charge >= 0.3 is 0 Å². The van der Waals surface area contributed by atoms with Gasteiger partial charge in [-0.3, -0.25) is 9.59 Å². The molecular formula is C28H34N2O4. The van der Waals surface area contributed by atoms with E-state index in [1.165, 1.54) is 5.56 Å². The van der Waals surface area contributed by atoms with Gasteiger partial charge in [0.15, 0.2) is 0 Å². The van der Waals surface area contributed by atoms with Crippen molar-refractivity contribution in [1.29, 1.82) is 0 Å². The van der Waals surface area contributed by atoms with E-state index in [0.29, 0.717) is 43.0 Å². The van der Waals surface area contributed by atoms with E-state index >= 15 is 0 Å². The number of ether oxygens (including phenoxy) is 1. The van der Waals surface area contributed by atoms with Crippen molar-refractivity contribution in [2.75, 3.05) is 20.2 Å². The Hall–Kier alpha value is -3.02. The SMILES string of the molecule is COc1cc(C(=O)N2CC[C@@]3(C)c4cccc(O)c4C[C@H]2C3(C)C)ccc1CN1CCCC1=O. The van der Waals surface area contributed by atoms with E-state index in [1.54, 1.807) is 13.2 Å². The lowest BCUT2D eigenvalue weighted by Crippen LogP contribution is -2.64. The van der Waals surface area contributed by atoms with Gasteiger partial charge in [0.2, 0.25) is 5.91 Å². The number of aromatic hydroxyl groups is 1. The number of amides is 2. The molecule has 6 heteroatoms. The van der Waals surface area contributed by atoms with Gasteiger partial charge in [0, 0.05) is 48.6 Å². The zero-order valence-corrected chi connectivity index (χ0v) is 20.6. The third-order valence-electron chi connectivity index (χ3n) is 8.95. The first-order valence-electron chi connectivity index (χ1n) is 12.2. The Labute approximate surface area is 201 Å². The number of carbonyl (C=O) groups is 2. The Kier molecular flexibility index (Phi) is 5.38. The van der Waals surface area contributed by atoms with Crippen LogP contribution in [-0.4, -0.2) is 53.0 Å². The summed E-state index contributed by atoms with van der Waals surface area (Å²) in [5, 5.41) is 10.6. The largest absolute Gasteiger partial charge is 0.508 e. The van der Waals surface area contributed by atoms with E-state index in [4.69, 9.17) is 4.74 Å². The first kappa shape index (κ1) is 22.8. The number of rotatable bonds is 4. The molecule has 34 heavy (non-hydrogen) atoms. The minimum atomic E-state index is -0.151. The number of benzene rings is 2. The molecule has 5 rings (SSSR count). The van der Waals surface area contributed by atoms with Gasteiger partial charge in [-0.25, -0.2) is 0 Å². The average Bonchev–Trinajstić information content (AvgIpc) is 3.21. The van der Waals surface area contributed by atoms with Crippen LogP contribution < -0.4 is 4.74 Å². The van der Waals surface area contributed by atoms with Crippen LogP contribution in [0.15, 0.2) is 36.4 Å². The van der Waals surface area contributed by atoms with Crippen LogP contribution in [-0.2, 0) is 23.2 Å². The number of phenolic OH excluding ortho intramolecular Hbond substituents is 1. The van der Waals surface area contributed by atoms with Crippen LogP contribution in [0.3, 0.4) is 0 Å². The monoisotopic (exact) mass is 462 g/mol. The Morgan fingerprint density at radius 3 is 2.68 bits per heavy atom. The molecule has 3 aliphatic rings. The Bertz CT molecular complexity index is 1160. The van der Waals surface area contributed by atoms with Gasteiger partial charge in [0.25, 0.3) is 5.91 Å². The molecule has 2 fully saturated rings. The highest BCUT2D eigenvalue weighted by Crippen LogP contribution is 2.57. The highest BCUT2D eigenvalue weighted by Gasteiger charge is 2.57. The molecule has 0 saturated carbocycles. The molecule has 0 unspecified atom stereocenters. The summed E-state index contributed by atoms with van der Waals surface area (Å²) < 4.78 is 5.63. The Balaban J connectivity index is 1.45. The first-order valence-corrected chi connectivity index (χ1v) is 12.2. The molecule has 2 aromatic carbocycles. The predicted octanol–water partition coefficient (Wildman–Crippen LogP) is 4.28. The van der Waals surface area contributed by atoms with Gasteiger partial charge < -0.3 is 19.6 Å². The van der Waals surface area contributed by atoms with E-state index in [2.05, 4.69) is 26.8 Å². The summed E-state index contributed by atoms with van der Waals surface area (Å²) in [6.07, 6.45) is 2.97. The van der Waals surface area contributed by atoms with E-state index in [0.717, 1.165) is 30.5 Å². The van der Waals surface area contributed by atoms with E-state index in [-0.39, 0.29) is 28.7 Å². The van der Waals surface area contributed by atoms with Crippen molar-refractivity contribution in [1.82, 2.24) is 9.80 Å². The van der Waals surface area contributed by atoms with E-state index in [1.807, 2.05) is 34.1 Å². The van der Waals surface area contributed by atoms with Crippen LogP contribution in [0.5, 0.6) is 11.5 Å². The highest BCUT2D eigenvalue weighted by atomic mass is 16.5. The minimum Gasteiger partial charge on any atom is -0.508 e. The number of methoxy groups -OCH3 is 1. The third kappa shape index (κ3) is 3.29. The highest BCUT2D eigenvalue weighted by molar-refractivity contribution is 5.95. The number of likely N-dealkylation sites (tertiary alicyclic amines) is 2. The van der Waals surface area contributed by atoms with Crippen LogP contribution in [0.2, 0.25) is 0 Å².